The van der Waals surface area contributed by atoms with Gasteiger partial charge < -0.3 is 4.98 Å². The van der Waals surface area contributed by atoms with E-state index in [0.29, 0.717) is 15.7 Å². The van der Waals surface area contributed by atoms with Crippen LogP contribution in [0.1, 0.15) is 0 Å². The normalized spacial score (nSPS) is 11.2. The number of imidazole rings is 1. The lowest BCUT2D eigenvalue weighted by Gasteiger charge is -1.92. The van der Waals surface area contributed by atoms with Crippen molar-refractivity contribution in [3.8, 4) is 10.7 Å². The van der Waals surface area contributed by atoms with E-state index in [9.17, 15) is 4.39 Å². The monoisotopic (exact) mass is 286 g/mol. The van der Waals surface area contributed by atoms with Gasteiger partial charge in [-0.05, 0) is 24.3 Å². The van der Waals surface area contributed by atoms with Crippen LogP contribution in [0.25, 0.3) is 21.7 Å². The number of aromatic amines is 1. The SMILES string of the molecule is Fc1c(Cl)ccc2[nH]c(-c3ccc(Cl)s3)nc12. The highest BCUT2D eigenvalue weighted by molar-refractivity contribution is 7.19. The number of nitrogens with one attached hydrogen (secondary N) is 1. The molecule has 3 aromatic rings. The molecular formula is C11H5Cl2FN2S. The van der Waals surface area contributed by atoms with Gasteiger partial charge in [0, 0.05) is 0 Å². The van der Waals surface area contributed by atoms with Crippen LogP contribution in [-0.2, 0) is 0 Å². The minimum Gasteiger partial charge on any atom is -0.337 e. The molecule has 17 heavy (non-hydrogen) atoms. The summed E-state index contributed by atoms with van der Waals surface area (Å²) in [5.74, 6) is 0.0902. The summed E-state index contributed by atoms with van der Waals surface area (Å²) in [4.78, 5) is 8.09. The molecule has 0 atom stereocenters. The molecule has 0 aliphatic rings. The number of benzene rings is 1. The van der Waals surface area contributed by atoms with Gasteiger partial charge in [0.15, 0.2) is 5.82 Å². The Morgan fingerprint density at radius 2 is 2.00 bits per heavy atom. The summed E-state index contributed by atoms with van der Waals surface area (Å²) in [5.41, 5.74) is 0.864. The third-order valence-electron chi connectivity index (χ3n) is 2.35. The van der Waals surface area contributed by atoms with E-state index in [-0.39, 0.29) is 10.5 Å². The predicted octanol–water partition coefficient (Wildman–Crippen LogP) is 4.74. The van der Waals surface area contributed by atoms with Crippen molar-refractivity contribution in [2.45, 2.75) is 0 Å². The fraction of sp³-hybridized carbons (Fsp3) is 0. The fourth-order valence-electron chi connectivity index (χ4n) is 1.58. The molecule has 1 N–H and O–H groups in total. The number of nitrogens with zero attached hydrogens (tertiary/aromatic N) is 1. The summed E-state index contributed by atoms with van der Waals surface area (Å²) in [6.07, 6.45) is 0. The zero-order chi connectivity index (χ0) is 12.0. The first-order valence-corrected chi connectivity index (χ1v) is 6.32. The van der Waals surface area contributed by atoms with Crippen LogP contribution in [-0.4, -0.2) is 9.97 Å². The average molecular weight is 287 g/mol. The van der Waals surface area contributed by atoms with Crippen molar-refractivity contribution in [2.75, 3.05) is 0 Å². The second-order valence-corrected chi connectivity index (χ2v) is 5.57. The number of hydrogen-bond acceptors (Lipinski definition) is 2. The van der Waals surface area contributed by atoms with Crippen molar-refractivity contribution in [1.82, 2.24) is 9.97 Å². The van der Waals surface area contributed by atoms with Gasteiger partial charge >= 0.3 is 0 Å². The number of halogens is 3. The molecule has 3 rings (SSSR count). The molecule has 0 aliphatic heterocycles. The highest BCUT2D eigenvalue weighted by atomic mass is 35.5. The molecular weight excluding hydrogens is 282 g/mol. The van der Waals surface area contributed by atoms with E-state index in [1.807, 2.05) is 6.07 Å². The molecule has 0 saturated heterocycles. The van der Waals surface area contributed by atoms with Gasteiger partial charge in [0.25, 0.3) is 0 Å². The lowest BCUT2D eigenvalue weighted by atomic mass is 10.3. The minimum absolute atomic E-state index is 0.0692. The van der Waals surface area contributed by atoms with Crippen molar-refractivity contribution in [3.63, 3.8) is 0 Å². The van der Waals surface area contributed by atoms with E-state index < -0.39 is 5.82 Å². The summed E-state index contributed by atoms with van der Waals surface area (Å²) in [5, 5.41) is 0.0692. The van der Waals surface area contributed by atoms with E-state index in [1.54, 1.807) is 12.1 Å². The number of thiophene rings is 1. The molecule has 86 valence electrons. The third-order valence-corrected chi connectivity index (χ3v) is 3.88. The Morgan fingerprint density at radius 1 is 1.18 bits per heavy atom. The number of aromatic nitrogens is 2. The number of fused-ring (bicyclic) bond motifs is 1. The summed E-state index contributed by atoms with van der Waals surface area (Å²) >= 11 is 12.9. The summed E-state index contributed by atoms with van der Waals surface area (Å²) in [6.45, 7) is 0. The Morgan fingerprint density at radius 3 is 2.71 bits per heavy atom. The number of hydrogen-bond donors (Lipinski definition) is 1. The highest BCUT2D eigenvalue weighted by Gasteiger charge is 2.12. The van der Waals surface area contributed by atoms with Gasteiger partial charge in [-0.25, -0.2) is 9.37 Å². The third kappa shape index (κ3) is 1.82. The summed E-state index contributed by atoms with van der Waals surface area (Å²) in [7, 11) is 0. The standard InChI is InChI=1S/C11H5Cl2FN2S/c12-5-1-2-6-10(9(5)14)16-11(15-6)7-3-4-8(13)17-7/h1-4H,(H,15,16). The maximum Gasteiger partial charge on any atom is 0.169 e. The van der Waals surface area contributed by atoms with Crippen LogP contribution in [0, 0.1) is 5.82 Å². The largest absolute Gasteiger partial charge is 0.337 e. The van der Waals surface area contributed by atoms with E-state index >= 15 is 0 Å². The summed E-state index contributed by atoms with van der Waals surface area (Å²) < 4.78 is 14.4. The van der Waals surface area contributed by atoms with Crippen LogP contribution in [0.4, 0.5) is 4.39 Å². The Bertz CT molecular complexity index is 705. The van der Waals surface area contributed by atoms with E-state index in [0.717, 1.165) is 4.88 Å². The van der Waals surface area contributed by atoms with Gasteiger partial charge in [-0.15, -0.1) is 11.3 Å². The van der Waals surface area contributed by atoms with Crippen molar-refractivity contribution < 1.29 is 4.39 Å². The molecule has 2 heterocycles. The van der Waals surface area contributed by atoms with Gasteiger partial charge in [-0.2, -0.15) is 0 Å². The van der Waals surface area contributed by atoms with Gasteiger partial charge in [0.2, 0.25) is 0 Å². The Hall–Kier alpha value is -1.10. The topological polar surface area (TPSA) is 28.7 Å². The van der Waals surface area contributed by atoms with E-state index in [2.05, 4.69) is 9.97 Å². The second kappa shape index (κ2) is 3.98. The molecule has 0 bridgehead atoms. The zero-order valence-electron chi connectivity index (χ0n) is 8.30. The molecule has 0 spiro atoms. The molecule has 0 unspecified atom stereocenters. The molecule has 0 fully saturated rings. The maximum absolute atomic E-state index is 13.7. The van der Waals surface area contributed by atoms with Crippen LogP contribution >= 0.6 is 34.5 Å². The Labute approximate surface area is 110 Å². The van der Waals surface area contributed by atoms with Crippen molar-refractivity contribution in [2.24, 2.45) is 0 Å². The maximum atomic E-state index is 13.7. The van der Waals surface area contributed by atoms with Gasteiger partial charge in [0.1, 0.15) is 11.3 Å². The van der Waals surface area contributed by atoms with Crippen molar-refractivity contribution >= 4 is 45.6 Å². The first-order chi connectivity index (χ1) is 8.15. The van der Waals surface area contributed by atoms with Crippen LogP contribution < -0.4 is 0 Å². The van der Waals surface area contributed by atoms with Crippen LogP contribution in [0.3, 0.4) is 0 Å². The minimum atomic E-state index is -0.505. The smallest absolute Gasteiger partial charge is 0.169 e. The van der Waals surface area contributed by atoms with Crippen molar-refractivity contribution in [3.05, 3.63) is 39.4 Å². The molecule has 2 aromatic heterocycles. The molecule has 1 aromatic carbocycles. The Kier molecular flexibility index (Phi) is 2.58. The molecule has 0 aliphatic carbocycles. The molecule has 0 amide bonds. The lowest BCUT2D eigenvalue weighted by molar-refractivity contribution is 0.638. The fourth-order valence-corrected chi connectivity index (χ4v) is 2.72. The number of H-pyrrole nitrogens is 1. The van der Waals surface area contributed by atoms with Gasteiger partial charge in [0.05, 0.1) is 19.8 Å². The van der Waals surface area contributed by atoms with E-state index in [4.69, 9.17) is 23.2 Å². The van der Waals surface area contributed by atoms with Gasteiger partial charge in [-0.3, -0.25) is 0 Å². The van der Waals surface area contributed by atoms with Crippen LogP contribution in [0.2, 0.25) is 9.36 Å². The van der Waals surface area contributed by atoms with Crippen LogP contribution in [0.5, 0.6) is 0 Å². The lowest BCUT2D eigenvalue weighted by Crippen LogP contribution is -1.79. The summed E-state index contributed by atoms with van der Waals surface area (Å²) in [6, 6.07) is 6.82. The first kappa shape index (κ1) is 11.0. The van der Waals surface area contributed by atoms with Gasteiger partial charge in [-0.1, -0.05) is 23.2 Å². The molecule has 6 heteroatoms. The second-order valence-electron chi connectivity index (χ2n) is 3.45. The van der Waals surface area contributed by atoms with Crippen molar-refractivity contribution in [1.29, 1.82) is 0 Å². The highest BCUT2D eigenvalue weighted by Crippen LogP contribution is 2.31. The van der Waals surface area contributed by atoms with E-state index in [1.165, 1.54) is 17.4 Å². The quantitative estimate of drug-likeness (QED) is 0.688. The average Bonchev–Trinajstić information content (AvgIpc) is 2.90. The van der Waals surface area contributed by atoms with Crippen LogP contribution in [0.15, 0.2) is 24.3 Å². The Balaban J connectivity index is 2.23. The predicted molar refractivity (Wildman–Crippen MR) is 69.4 cm³/mol. The zero-order valence-corrected chi connectivity index (χ0v) is 10.6. The molecule has 0 saturated carbocycles. The first-order valence-electron chi connectivity index (χ1n) is 4.74. The molecule has 2 nitrogen and oxygen atoms in total. The molecule has 0 radical (unpaired) electrons. The number of rotatable bonds is 1.